The van der Waals surface area contributed by atoms with Gasteiger partial charge in [0, 0.05) is 25.7 Å². The predicted molar refractivity (Wildman–Crippen MR) is 363 cm³/mol. The van der Waals surface area contributed by atoms with E-state index in [0.29, 0.717) is 25.7 Å². The molecule has 90 heavy (non-hydrogen) atoms. The molecule has 0 saturated heterocycles. The summed E-state index contributed by atoms with van der Waals surface area (Å²) in [6.07, 6.45) is 45.7. The molecule has 0 heterocycles. The zero-order valence-electron chi connectivity index (χ0n) is 58.6. The van der Waals surface area contributed by atoms with E-state index in [1.807, 2.05) is 0 Å². The van der Waals surface area contributed by atoms with Crippen molar-refractivity contribution in [2.24, 2.45) is 17.8 Å². The first-order chi connectivity index (χ1) is 43.3. The smallest absolute Gasteiger partial charge is 0.462 e. The maximum absolute atomic E-state index is 13.0. The molecule has 3 unspecified atom stereocenters. The van der Waals surface area contributed by atoms with Crippen LogP contribution in [0, 0.1) is 17.8 Å². The Hall–Kier alpha value is -1.94. The van der Waals surface area contributed by atoms with Gasteiger partial charge in [-0.05, 0) is 43.4 Å². The highest BCUT2D eigenvalue weighted by atomic mass is 31.2. The van der Waals surface area contributed by atoms with Crippen molar-refractivity contribution >= 4 is 39.5 Å². The van der Waals surface area contributed by atoms with Crippen LogP contribution >= 0.6 is 15.6 Å². The first kappa shape index (κ1) is 88.1. The average Bonchev–Trinajstić information content (AvgIpc) is 2.56. The van der Waals surface area contributed by atoms with Crippen LogP contribution in [-0.4, -0.2) is 96.7 Å². The quantitative estimate of drug-likeness (QED) is 0.0222. The van der Waals surface area contributed by atoms with Gasteiger partial charge >= 0.3 is 39.5 Å². The topological polar surface area (TPSA) is 237 Å². The van der Waals surface area contributed by atoms with Gasteiger partial charge in [-0.1, -0.05) is 305 Å². The van der Waals surface area contributed by atoms with Crippen LogP contribution in [-0.2, 0) is 65.4 Å². The van der Waals surface area contributed by atoms with Crippen molar-refractivity contribution in [2.75, 3.05) is 39.6 Å². The van der Waals surface area contributed by atoms with Crippen molar-refractivity contribution in [1.82, 2.24) is 0 Å². The molecule has 19 heteroatoms. The molecular formula is C71H138O17P2. The standard InChI is InChI=1S/C71H138O17P2/c1-8-10-11-12-13-14-15-16-17-18-26-31-40-47-54-70(75)87-66(58-81-68(73)52-45-38-30-25-21-19-23-28-35-42-49-62(3)4)60-85-89(77,78)83-56-65(72)57-84-90(79,80)86-61-67(59-82-69(74)53-46-39-34-33-37-44-51-64(7)9-2)88-71(76)55-48-41-32-27-22-20-24-29-36-43-50-63(5)6/h62-67,72H,8-61H2,1-7H3,(H,77,78)(H,79,80)/t64?,65-,66-,67-/m1/s1. The molecule has 3 N–H and O–H groups in total. The fourth-order valence-corrected chi connectivity index (χ4v) is 12.3. The van der Waals surface area contributed by atoms with Crippen molar-refractivity contribution in [3.05, 3.63) is 0 Å². The lowest BCUT2D eigenvalue weighted by molar-refractivity contribution is -0.161. The van der Waals surface area contributed by atoms with Crippen LogP contribution in [0.3, 0.4) is 0 Å². The fourth-order valence-electron chi connectivity index (χ4n) is 10.7. The molecule has 0 fully saturated rings. The molecule has 0 aliphatic heterocycles. The number of phosphoric acid groups is 2. The number of phosphoric ester groups is 2. The molecule has 6 atom stereocenters. The monoisotopic (exact) mass is 1320 g/mol. The van der Waals surface area contributed by atoms with Gasteiger partial charge in [-0.3, -0.25) is 37.3 Å². The van der Waals surface area contributed by atoms with E-state index in [-0.39, 0.29) is 25.7 Å². The summed E-state index contributed by atoms with van der Waals surface area (Å²) >= 11 is 0. The third kappa shape index (κ3) is 63.5. The lowest BCUT2D eigenvalue weighted by atomic mass is 10.00. The first-order valence-corrected chi connectivity index (χ1v) is 39.9. The van der Waals surface area contributed by atoms with Crippen LogP contribution in [0.25, 0.3) is 0 Å². The van der Waals surface area contributed by atoms with Gasteiger partial charge < -0.3 is 33.8 Å². The fraction of sp³-hybridized carbons (Fsp3) is 0.944. The van der Waals surface area contributed by atoms with Crippen molar-refractivity contribution in [1.29, 1.82) is 0 Å². The minimum Gasteiger partial charge on any atom is -0.462 e. The number of unbranched alkanes of at least 4 members (excludes halogenated alkanes) is 36. The summed E-state index contributed by atoms with van der Waals surface area (Å²) in [5, 5.41) is 10.6. The van der Waals surface area contributed by atoms with Gasteiger partial charge in [-0.25, -0.2) is 9.13 Å². The number of aliphatic hydroxyl groups is 1. The van der Waals surface area contributed by atoms with Crippen molar-refractivity contribution in [3.8, 4) is 0 Å². The molecule has 0 saturated carbocycles. The molecule has 0 spiro atoms. The molecule has 0 bridgehead atoms. The number of carbonyl (C=O) groups excluding carboxylic acids is 4. The van der Waals surface area contributed by atoms with Gasteiger partial charge in [-0.15, -0.1) is 0 Å². The van der Waals surface area contributed by atoms with Crippen molar-refractivity contribution < 1.29 is 80.2 Å². The molecule has 0 radical (unpaired) electrons. The summed E-state index contributed by atoms with van der Waals surface area (Å²) in [4.78, 5) is 72.6. The molecule has 0 aliphatic rings. The van der Waals surface area contributed by atoms with E-state index < -0.39 is 97.5 Å². The first-order valence-electron chi connectivity index (χ1n) is 36.9. The molecule has 0 amide bonds. The van der Waals surface area contributed by atoms with Crippen LogP contribution in [0.2, 0.25) is 0 Å². The minimum absolute atomic E-state index is 0.105. The Labute approximate surface area is 549 Å². The predicted octanol–water partition coefficient (Wildman–Crippen LogP) is 20.2. The van der Waals surface area contributed by atoms with Gasteiger partial charge in [-0.2, -0.15) is 0 Å². The average molecular weight is 1330 g/mol. The normalized spacial score (nSPS) is 14.5. The Morgan fingerprint density at radius 2 is 0.567 bits per heavy atom. The van der Waals surface area contributed by atoms with Crippen LogP contribution in [0.4, 0.5) is 0 Å². The number of ether oxygens (including phenoxy) is 4. The SMILES string of the molecule is CCCCCCCCCCCCCCCCC(=O)O[C@H](COC(=O)CCCCCCCCCCCCC(C)C)COP(=O)(O)OC[C@@H](O)COP(=O)(O)OC[C@@H](COC(=O)CCCCCCCCC(C)CC)OC(=O)CCCCCCCCCCCCC(C)C. The van der Waals surface area contributed by atoms with Gasteiger partial charge in [0.05, 0.1) is 26.4 Å². The number of rotatable bonds is 69. The Morgan fingerprint density at radius 1 is 0.322 bits per heavy atom. The Morgan fingerprint density at radius 3 is 0.844 bits per heavy atom. The molecule has 0 aromatic rings. The van der Waals surface area contributed by atoms with Crippen LogP contribution in [0.5, 0.6) is 0 Å². The molecule has 0 aromatic heterocycles. The zero-order valence-corrected chi connectivity index (χ0v) is 60.4. The molecule has 0 aromatic carbocycles. The van der Waals surface area contributed by atoms with E-state index in [9.17, 15) is 43.2 Å². The Balaban J connectivity index is 5.26. The van der Waals surface area contributed by atoms with Gasteiger partial charge in [0.2, 0.25) is 0 Å². The Kier molecular flexibility index (Phi) is 60.6. The molecule has 534 valence electrons. The van der Waals surface area contributed by atoms with Crippen LogP contribution < -0.4 is 0 Å². The number of hydrogen-bond acceptors (Lipinski definition) is 15. The molecule has 0 rings (SSSR count). The number of hydrogen-bond donors (Lipinski definition) is 3. The minimum atomic E-state index is -4.95. The van der Waals surface area contributed by atoms with E-state index in [1.165, 1.54) is 161 Å². The maximum Gasteiger partial charge on any atom is 0.472 e. The van der Waals surface area contributed by atoms with E-state index >= 15 is 0 Å². The third-order valence-electron chi connectivity index (χ3n) is 16.7. The highest BCUT2D eigenvalue weighted by molar-refractivity contribution is 7.47. The van der Waals surface area contributed by atoms with Crippen molar-refractivity contribution in [3.63, 3.8) is 0 Å². The number of esters is 4. The van der Waals surface area contributed by atoms with Crippen LogP contribution in [0.1, 0.15) is 357 Å². The summed E-state index contributed by atoms with van der Waals surface area (Å²) < 4.78 is 68.3. The third-order valence-corrected chi connectivity index (χ3v) is 18.6. The van der Waals surface area contributed by atoms with E-state index in [1.54, 1.807) is 0 Å². The van der Waals surface area contributed by atoms with E-state index in [4.69, 9.17) is 37.0 Å². The Bertz CT molecular complexity index is 1770. The van der Waals surface area contributed by atoms with Crippen LogP contribution in [0.15, 0.2) is 0 Å². The second kappa shape index (κ2) is 61.9. The summed E-state index contributed by atoms with van der Waals surface area (Å²) in [6, 6.07) is 0. The van der Waals surface area contributed by atoms with Gasteiger partial charge in [0.1, 0.15) is 19.3 Å². The summed E-state index contributed by atoms with van der Waals surface area (Å²) in [5.74, 6) is 0.117. The molecule has 0 aliphatic carbocycles. The maximum atomic E-state index is 13.0. The van der Waals surface area contributed by atoms with Crippen molar-refractivity contribution in [2.45, 2.75) is 375 Å². The number of aliphatic hydroxyl groups excluding tert-OH is 1. The van der Waals surface area contributed by atoms with Gasteiger partial charge in [0.15, 0.2) is 12.2 Å². The van der Waals surface area contributed by atoms with E-state index in [2.05, 4.69) is 48.5 Å². The highest BCUT2D eigenvalue weighted by Crippen LogP contribution is 2.45. The molecule has 17 nitrogen and oxygen atoms in total. The largest absolute Gasteiger partial charge is 0.472 e. The lowest BCUT2D eigenvalue weighted by Crippen LogP contribution is -2.30. The zero-order chi connectivity index (χ0) is 66.6. The lowest BCUT2D eigenvalue weighted by Gasteiger charge is -2.21. The summed E-state index contributed by atoms with van der Waals surface area (Å²) in [5.41, 5.74) is 0. The second-order valence-electron chi connectivity index (χ2n) is 26.8. The van der Waals surface area contributed by atoms with Gasteiger partial charge in [0.25, 0.3) is 0 Å². The number of carbonyl (C=O) groups is 4. The summed E-state index contributed by atoms with van der Waals surface area (Å²) in [7, 11) is -9.90. The summed E-state index contributed by atoms with van der Waals surface area (Å²) in [6.45, 7) is 11.8. The highest BCUT2D eigenvalue weighted by Gasteiger charge is 2.30. The second-order valence-corrected chi connectivity index (χ2v) is 29.7. The van der Waals surface area contributed by atoms with E-state index in [0.717, 1.165) is 114 Å². The molecular weight excluding hydrogens is 1190 g/mol.